The monoisotopic (exact) mass is 276 g/mol. The van der Waals surface area contributed by atoms with Gasteiger partial charge in [-0.3, -0.25) is 4.79 Å². The van der Waals surface area contributed by atoms with Crippen LogP contribution >= 0.6 is 11.3 Å². The number of carbonyl (C=O) groups excluding carboxylic acids is 1. The van der Waals surface area contributed by atoms with Crippen molar-refractivity contribution < 1.29 is 4.79 Å². The number of nitriles is 1. The molecule has 1 saturated carbocycles. The number of thiophene rings is 1. The van der Waals surface area contributed by atoms with Gasteiger partial charge in [-0.15, -0.1) is 11.3 Å². The quantitative estimate of drug-likeness (QED) is 0.917. The summed E-state index contributed by atoms with van der Waals surface area (Å²) in [5, 5.41) is 12.2. The second-order valence-corrected chi connectivity index (χ2v) is 6.58. The zero-order valence-electron chi connectivity index (χ0n) is 11.5. The van der Waals surface area contributed by atoms with E-state index >= 15 is 0 Å². The summed E-state index contributed by atoms with van der Waals surface area (Å²) in [5.41, 5.74) is 1.14. The van der Waals surface area contributed by atoms with Gasteiger partial charge in [-0.05, 0) is 44.2 Å². The average Bonchev–Trinajstić information content (AvgIpc) is 2.77. The van der Waals surface area contributed by atoms with Crippen LogP contribution in [0.4, 0.5) is 0 Å². The maximum absolute atomic E-state index is 12.2. The highest BCUT2D eigenvalue weighted by atomic mass is 32.1. The lowest BCUT2D eigenvalue weighted by atomic mass is 9.84. The highest BCUT2D eigenvalue weighted by molar-refractivity contribution is 7.14. The second-order valence-electron chi connectivity index (χ2n) is 5.33. The number of carbonyl (C=O) groups is 1. The van der Waals surface area contributed by atoms with E-state index in [2.05, 4.69) is 11.4 Å². The Labute approximate surface area is 118 Å². The van der Waals surface area contributed by atoms with E-state index in [9.17, 15) is 10.1 Å². The SMILES string of the molecule is Cc1cc(C(=O)NC(C#N)C2CCCCC2)sc1C. The number of nitrogens with one attached hydrogen (secondary N) is 1. The molecule has 0 bridgehead atoms. The number of amides is 1. The minimum Gasteiger partial charge on any atom is -0.335 e. The van der Waals surface area contributed by atoms with Crippen LogP contribution in [0.25, 0.3) is 0 Å². The molecule has 1 heterocycles. The summed E-state index contributed by atoms with van der Waals surface area (Å²) >= 11 is 1.50. The molecule has 0 spiro atoms. The normalized spacial score (nSPS) is 17.7. The van der Waals surface area contributed by atoms with Crippen LogP contribution < -0.4 is 5.32 Å². The van der Waals surface area contributed by atoms with E-state index in [1.54, 1.807) is 0 Å². The molecule has 4 heteroatoms. The van der Waals surface area contributed by atoms with Gasteiger partial charge in [0.2, 0.25) is 0 Å². The first-order valence-corrected chi connectivity index (χ1v) is 7.71. The zero-order valence-corrected chi connectivity index (χ0v) is 12.3. The summed E-state index contributed by atoms with van der Waals surface area (Å²) in [5.74, 6) is 0.225. The van der Waals surface area contributed by atoms with Crippen molar-refractivity contribution in [1.29, 1.82) is 5.26 Å². The third-order valence-electron chi connectivity index (χ3n) is 3.94. The first-order chi connectivity index (χ1) is 9.11. The van der Waals surface area contributed by atoms with Gasteiger partial charge in [-0.2, -0.15) is 5.26 Å². The summed E-state index contributed by atoms with van der Waals surface area (Å²) < 4.78 is 0. The van der Waals surface area contributed by atoms with Crippen LogP contribution in [-0.4, -0.2) is 11.9 Å². The predicted molar refractivity (Wildman–Crippen MR) is 77.2 cm³/mol. The lowest BCUT2D eigenvalue weighted by molar-refractivity contribution is 0.0933. The van der Waals surface area contributed by atoms with Crippen molar-refractivity contribution in [2.45, 2.75) is 52.0 Å². The Morgan fingerprint density at radius 2 is 2.11 bits per heavy atom. The van der Waals surface area contributed by atoms with Gasteiger partial charge in [0.1, 0.15) is 6.04 Å². The van der Waals surface area contributed by atoms with Crippen LogP contribution in [0.3, 0.4) is 0 Å². The van der Waals surface area contributed by atoms with Crippen molar-refractivity contribution in [3.8, 4) is 6.07 Å². The molecule has 0 radical (unpaired) electrons. The van der Waals surface area contributed by atoms with Crippen molar-refractivity contribution in [2.75, 3.05) is 0 Å². The molecular formula is C15H20N2OS. The van der Waals surface area contributed by atoms with Crippen LogP contribution in [0.2, 0.25) is 0 Å². The van der Waals surface area contributed by atoms with Crippen molar-refractivity contribution in [2.24, 2.45) is 5.92 Å². The summed E-state index contributed by atoms with van der Waals surface area (Å²) in [6.07, 6.45) is 5.72. The summed E-state index contributed by atoms with van der Waals surface area (Å²) in [6, 6.07) is 3.84. The van der Waals surface area contributed by atoms with Gasteiger partial charge in [0.25, 0.3) is 5.91 Å². The molecule has 1 atom stereocenters. The number of rotatable bonds is 3. The molecule has 1 N–H and O–H groups in total. The van der Waals surface area contributed by atoms with Crippen molar-refractivity contribution in [3.05, 3.63) is 21.4 Å². The molecule has 1 aromatic rings. The molecule has 3 nitrogen and oxygen atoms in total. The Bertz CT molecular complexity index is 475. The van der Waals surface area contributed by atoms with Crippen LogP contribution in [0.15, 0.2) is 6.07 Å². The fraction of sp³-hybridized carbons (Fsp3) is 0.600. The lowest BCUT2D eigenvalue weighted by Gasteiger charge is -2.26. The van der Waals surface area contributed by atoms with Gasteiger partial charge < -0.3 is 5.32 Å². The number of nitrogens with zero attached hydrogens (tertiary/aromatic N) is 1. The largest absolute Gasteiger partial charge is 0.335 e. The summed E-state index contributed by atoms with van der Waals surface area (Å²) in [6.45, 7) is 4.02. The number of hydrogen-bond acceptors (Lipinski definition) is 3. The van der Waals surface area contributed by atoms with Gasteiger partial charge in [-0.25, -0.2) is 0 Å². The molecule has 1 amide bonds. The van der Waals surface area contributed by atoms with E-state index in [1.165, 1.54) is 30.6 Å². The van der Waals surface area contributed by atoms with E-state index in [-0.39, 0.29) is 11.9 Å². The molecule has 1 unspecified atom stereocenters. The Morgan fingerprint density at radius 3 is 2.63 bits per heavy atom. The Balaban J connectivity index is 2.01. The molecule has 1 aliphatic rings. The number of hydrogen-bond donors (Lipinski definition) is 1. The van der Waals surface area contributed by atoms with Gasteiger partial charge in [0.05, 0.1) is 10.9 Å². The molecule has 1 fully saturated rings. The van der Waals surface area contributed by atoms with Crippen molar-refractivity contribution in [3.63, 3.8) is 0 Å². The van der Waals surface area contributed by atoms with Gasteiger partial charge in [-0.1, -0.05) is 19.3 Å². The minimum absolute atomic E-state index is 0.0988. The smallest absolute Gasteiger partial charge is 0.262 e. The van der Waals surface area contributed by atoms with Gasteiger partial charge in [0, 0.05) is 4.88 Å². The molecule has 1 aromatic heterocycles. The van der Waals surface area contributed by atoms with E-state index in [0.29, 0.717) is 10.8 Å². The standard InChI is InChI=1S/C15H20N2OS/c1-10-8-14(19-11(10)2)15(18)17-13(9-16)12-6-4-3-5-7-12/h8,12-13H,3-7H2,1-2H3,(H,17,18). The molecule has 19 heavy (non-hydrogen) atoms. The van der Waals surface area contributed by atoms with E-state index < -0.39 is 0 Å². The molecule has 2 rings (SSSR count). The summed E-state index contributed by atoms with van der Waals surface area (Å²) in [4.78, 5) is 14.0. The van der Waals surface area contributed by atoms with E-state index in [4.69, 9.17) is 0 Å². The van der Waals surface area contributed by atoms with Crippen LogP contribution in [-0.2, 0) is 0 Å². The second kappa shape index (κ2) is 6.21. The van der Waals surface area contributed by atoms with Crippen molar-refractivity contribution in [1.82, 2.24) is 5.32 Å². The van der Waals surface area contributed by atoms with Crippen LogP contribution in [0.1, 0.15) is 52.2 Å². The molecule has 0 saturated heterocycles. The average molecular weight is 276 g/mol. The zero-order chi connectivity index (χ0) is 13.8. The topological polar surface area (TPSA) is 52.9 Å². The van der Waals surface area contributed by atoms with E-state index in [1.807, 2.05) is 19.9 Å². The highest BCUT2D eigenvalue weighted by Gasteiger charge is 2.25. The van der Waals surface area contributed by atoms with Gasteiger partial charge in [0.15, 0.2) is 0 Å². The third kappa shape index (κ3) is 3.36. The van der Waals surface area contributed by atoms with E-state index in [0.717, 1.165) is 23.3 Å². The molecule has 0 aromatic carbocycles. The highest BCUT2D eigenvalue weighted by Crippen LogP contribution is 2.27. The first kappa shape index (κ1) is 14.1. The Kier molecular flexibility index (Phi) is 4.60. The maximum atomic E-state index is 12.2. The van der Waals surface area contributed by atoms with Crippen LogP contribution in [0.5, 0.6) is 0 Å². The maximum Gasteiger partial charge on any atom is 0.262 e. The number of aryl methyl sites for hydroxylation is 2. The predicted octanol–water partition coefficient (Wildman–Crippen LogP) is 3.57. The fourth-order valence-corrected chi connectivity index (χ4v) is 3.56. The lowest BCUT2D eigenvalue weighted by Crippen LogP contribution is -2.39. The van der Waals surface area contributed by atoms with Crippen LogP contribution in [0, 0.1) is 31.1 Å². The summed E-state index contributed by atoms with van der Waals surface area (Å²) in [7, 11) is 0. The molecular weight excluding hydrogens is 256 g/mol. The third-order valence-corrected chi connectivity index (χ3v) is 5.09. The fourth-order valence-electron chi connectivity index (χ4n) is 2.62. The molecule has 0 aliphatic heterocycles. The minimum atomic E-state index is -0.337. The first-order valence-electron chi connectivity index (χ1n) is 6.89. The van der Waals surface area contributed by atoms with Gasteiger partial charge >= 0.3 is 0 Å². The Morgan fingerprint density at radius 1 is 1.42 bits per heavy atom. The molecule has 102 valence electrons. The van der Waals surface area contributed by atoms with Crippen molar-refractivity contribution >= 4 is 17.2 Å². The Hall–Kier alpha value is -1.34. The molecule has 1 aliphatic carbocycles.